The van der Waals surface area contributed by atoms with E-state index in [0.29, 0.717) is 11.3 Å². The molecule has 2 heteroatoms. The first-order valence-corrected chi connectivity index (χ1v) is 11.7. The fourth-order valence-electron chi connectivity index (χ4n) is 3.77. The standard InChI is InChI=1S/C29H34O2/c1-3-5-6-7-8-10-24-11-15-25(16-12-24)26-17-19-27(20-18-26)29(30)31-28-21-13-23(9-4-2)14-22-28/h11-22H,3-10H2,1-2H3. The molecule has 0 aliphatic rings. The van der Waals surface area contributed by atoms with Gasteiger partial charge in [0.2, 0.25) is 0 Å². The maximum atomic E-state index is 12.5. The molecule has 31 heavy (non-hydrogen) atoms. The van der Waals surface area contributed by atoms with Gasteiger partial charge in [-0.05, 0) is 65.8 Å². The van der Waals surface area contributed by atoms with Crippen LogP contribution >= 0.6 is 0 Å². The van der Waals surface area contributed by atoms with Crippen LogP contribution < -0.4 is 4.74 Å². The Morgan fingerprint density at radius 3 is 1.77 bits per heavy atom. The van der Waals surface area contributed by atoms with Gasteiger partial charge in [-0.15, -0.1) is 0 Å². The van der Waals surface area contributed by atoms with E-state index in [4.69, 9.17) is 4.74 Å². The highest BCUT2D eigenvalue weighted by Crippen LogP contribution is 2.22. The molecule has 0 spiro atoms. The zero-order valence-corrected chi connectivity index (χ0v) is 18.9. The molecular weight excluding hydrogens is 380 g/mol. The van der Waals surface area contributed by atoms with Gasteiger partial charge in [0.25, 0.3) is 0 Å². The molecule has 0 aliphatic carbocycles. The van der Waals surface area contributed by atoms with Gasteiger partial charge in [-0.25, -0.2) is 4.79 Å². The molecule has 0 saturated heterocycles. The average molecular weight is 415 g/mol. The van der Waals surface area contributed by atoms with Gasteiger partial charge >= 0.3 is 5.97 Å². The quantitative estimate of drug-likeness (QED) is 0.180. The van der Waals surface area contributed by atoms with Crippen molar-refractivity contribution in [1.29, 1.82) is 0 Å². The number of hydrogen-bond donors (Lipinski definition) is 0. The van der Waals surface area contributed by atoms with Crippen molar-refractivity contribution in [1.82, 2.24) is 0 Å². The summed E-state index contributed by atoms with van der Waals surface area (Å²) in [5.74, 6) is 0.257. The van der Waals surface area contributed by atoms with Crippen molar-refractivity contribution >= 4 is 5.97 Å². The normalized spacial score (nSPS) is 10.8. The first-order chi connectivity index (χ1) is 15.2. The monoisotopic (exact) mass is 414 g/mol. The van der Waals surface area contributed by atoms with E-state index in [1.54, 1.807) is 0 Å². The van der Waals surface area contributed by atoms with Gasteiger partial charge in [0, 0.05) is 0 Å². The van der Waals surface area contributed by atoms with E-state index in [1.807, 2.05) is 48.5 Å². The number of hydrogen-bond acceptors (Lipinski definition) is 2. The summed E-state index contributed by atoms with van der Waals surface area (Å²) in [5.41, 5.74) is 5.49. The number of carbonyl (C=O) groups excluding carboxylic acids is 1. The van der Waals surface area contributed by atoms with Crippen molar-refractivity contribution in [3.05, 3.63) is 89.5 Å². The fourth-order valence-corrected chi connectivity index (χ4v) is 3.77. The zero-order valence-electron chi connectivity index (χ0n) is 18.9. The summed E-state index contributed by atoms with van der Waals surface area (Å²) in [6.07, 6.45) is 9.84. The van der Waals surface area contributed by atoms with Crippen LogP contribution in [-0.2, 0) is 12.8 Å². The topological polar surface area (TPSA) is 26.3 Å². The number of ether oxygens (including phenoxy) is 1. The van der Waals surface area contributed by atoms with E-state index in [2.05, 4.69) is 38.1 Å². The van der Waals surface area contributed by atoms with E-state index in [0.717, 1.165) is 24.8 Å². The number of unbranched alkanes of at least 4 members (excludes halogenated alkanes) is 4. The summed E-state index contributed by atoms with van der Waals surface area (Å²) in [7, 11) is 0. The molecule has 0 radical (unpaired) electrons. The second-order valence-electron chi connectivity index (χ2n) is 8.22. The van der Waals surface area contributed by atoms with Crippen LogP contribution in [0.15, 0.2) is 72.8 Å². The molecule has 0 bridgehead atoms. The number of rotatable bonds is 11. The van der Waals surface area contributed by atoms with Crippen molar-refractivity contribution in [3.63, 3.8) is 0 Å². The third-order valence-electron chi connectivity index (χ3n) is 5.65. The van der Waals surface area contributed by atoms with Gasteiger partial charge in [0.05, 0.1) is 5.56 Å². The summed E-state index contributed by atoms with van der Waals surface area (Å²) in [4.78, 5) is 12.5. The van der Waals surface area contributed by atoms with E-state index < -0.39 is 0 Å². The Morgan fingerprint density at radius 1 is 0.613 bits per heavy atom. The Bertz CT molecular complexity index is 922. The number of benzene rings is 3. The van der Waals surface area contributed by atoms with Gasteiger partial charge in [0.1, 0.15) is 5.75 Å². The van der Waals surface area contributed by atoms with Crippen molar-refractivity contribution < 1.29 is 9.53 Å². The summed E-state index contributed by atoms with van der Waals surface area (Å²) in [5, 5.41) is 0. The Labute approximate surface area is 187 Å². The van der Waals surface area contributed by atoms with Crippen LogP contribution in [0, 0.1) is 0 Å². The maximum absolute atomic E-state index is 12.5. The van der Waals surface area contributed by atoms with Crippen molar-refractivity contribution in [2.24, 2.45) is 0 Å². The first kappa shape index (κ1) is 22.8. The van der Waals surface area contributed by atoms with Gasteiger partial charge in [0.15, 0.2) is 0 Å². The first-order valence-electron chi connectivity index (χ1n) is 11.7. The molecule has 0 unspecified atom stereocenters. The van der Waals surface area contributed by atoms with E-state index in [-0.39, 0.29) is 5.97 Å². The Hall–Kier alpha value is -2.87. The highest BCUT2D eigenvalue weighted by atomic mass is 16.5. The van der Waals surface area contributed by atoms with Crippen molar-refractivity contribution in [2.75, 3.05) is 0 Å². The molecular formula is C29H34O2. The fraction of sp³-hybridized carbons (Fsp3) is 0.345. The van der Waals surface area contributed by atoms with Crippen LogP contribution in [0.4, 0.5) is 0 Å². The third kappa shape index (κ3) is 7.10. The minimum absolute atomic E-state index is 0.326. The largest absolute Gasteiger partial charge is 0.423 e. The van der Waals surface area contributed by atoms with E-state index >= 15 is 0 Å². The number of carbonyl (C=O) groups is 1. The lowest BCUT2D eigenvalue weighted by atomic mass is 10.00. The minimum atomic E-state index is -0.326. The van der Waals surface area contributed by atoms with Crippen LogP contribution in [0.25, 0.3) is 11.1 Å². The summed E-state index contributed by atoms with van der Waals surface area (Å²) < 4.78 is 5.52. The molecule has 3 rings (SSSR count). The molecule has 0 amide bonds. The van der Waals surface area contributed by atoms with Gasteiger partial charge in [-0.1, -0.05) is 94.5 Å². The van der Waals surface area contributed by atoms with Crippen molar-refractivity contribution in [2.45, 2.75) is 65.2 Å². The number of aryl methyl sites for hydroxylation is 2. The summed E-state index contributed by atoms with van der Waals surface area (Å²) in [6.45, 7) is 4.40. The lowest BCUT2D eigenvalue weighted by Gasteiger charge is -2.08. The summed E-state index contributed by atoms with van der Waals surface area (Å²) >= 11 is 0. The van der Waals surface area contributed by atoms with Gasteiger partial charge < -0.3 is 4.74 Å². The molecule has 0 saturated carbocycles. The highest BCUT2D eigenvalue weighted by Gasteiger charge is 2.09. The van der Waals surface area contributed by atoms with E-state index in [1.165, 1.54) is 48.8 Å². The third-order valence-corrected chi connectivity index (χ3v) is 5.65. The molecule has 0 aliphatic heterocycles. The predicted octanol–water partition coefficient (Wildman–Crippen LogP) is 8.04. The maximum Gasteiger partial charge on any atom is 0.343 e. The number of esters is 1. The molecule has 0 aromatic heterocycles. The SMILES string of the molecule is CCCCCCCc1ccc(-c2ccc(C(=O)Oc3ccc(CCC)cc3)cc2)cc1. The minimum Gasteiger partial charge on any atom is -0.423 e. The molecule has 3 aromatic carbocycles. The lowest BCUT2D eigenvalue weighted by molar-refractivity contribution is 0.0734. The molecule has 162 valence electrons. The van der Waals surface area contributed by atoms with Crippen LogP contribution in [-0.4, -0.2) is 5.97 Å². The second-order valence-corrected chi connectivity index (χ2v) is 8.22. The molecule has 3 aromatic rings. The average Bonchev–Trinajstić information content (AvgIpc) is 2.81. The Kier molecular flexibility index (Phi) is 8.90. The molecule has 0 N–H and O–H groups in total. The van der Waals surface area contributed by atoms with Gasteiger partial charge in [-0.2, -0.15) is 0 Å². The molecule has 0 atom stereocenters. The molecule has 0 fully saturated rings. The smallest absolute Gasteiger partial charge is 0.343 e. The Balaban J connectivity index is 1.54. The lowest BCUT2D eigenvalue weighted by Crippen LogP contribution is -2.08. The predicted molar refractivity (Wildman–Crippen MR) is 130 cm³/mol. The zero-order chi connectivity index (χ0) is 21.9. The summed E-state index contributed by atoms with van der Waals surface area (Å²) in [6, 6.07) is 24.2. The van der Waals surface area contributed by atoms with Crippen molar-refractivity contribution in [3.8, 4) is 16.9 Å². The molecule has 0 heterocycles. The van der Waals surface area contributed by atoms with Crippen LogP contribution in [0.5, 0.6) is 5.75 Å². The van der Waals surface area contributed by atoms with Crippen LogP contribution in [0.3, 0.4) is 0 Å². The van der Waals surface area contributed by atoms with Crippen LogP contribution in [0.1, 0.15) is 73.9 Å². The Morgan fingerprint density at radius 2 is 1.16 bits per heavy atom. The van der Waals surface area contributed by atoms with Gasteiger partial charge in [-0.3, -0.25) is 0 Å². The second kappa shape index (κ2) is 12.1. The highest BCUT2D eigenvalue weighted by molar-refractivity contribution is 5.91. The van der Waals surface area contributed by atoms with Crippen LogP contribution in [0.2, 0.25) is 0 Å². The van der Waals surface area contributed by atoms with E-state index in [9.17, 15) is 4.79 Å². The molecule has 2 nitrogen and oxygen atoms in total.